The molecule has 2 nitrogen and oxygen atoms in total. The monoisotopic (exact) mass is 257 g/mol. The first-order valence-electron chi connectivity index (χ1n) is 4.90. The smallest absolute Gasteiger partial charge is 0.416 e. The molecular formula is C12H7F4NO. The number of aromatic nitrogens is 1. The van der Waals surface area contributed by atoms with E-state index in [1.54, 1.807) is 0 Å². The van der Waals surface area contributed by atoms with Gasteiger partial charge in [-0.3, -0.25) is 0 Å². The van der Waals surface area contributed by atoms with Gasteiger partial charge in [0.1, 0.15) is 0 Å². The Kier molecular flexibility index (Phi) is 2.94. The van der Waals surface area contributed by atoms with Crippen molar-refractivity contribution >= 4 is 0 Å². The Hall–Kier alpha value is -2.11. The van der Waals surface area contributed by atoms with E-state index in [0.29, 0.717) is 0 Å². The van der Waals surface area contributed by atoms with Crippen molar-refractivity contribution < 1.29 is 22.7 Å². The zero-order valence-electron chi connectivity index (χ0n) is 8.87. The van der Waals surface area contributed by atoms with Crippen molar-refractivity contribution in [2.45, 2.75) is 6.18 Å². The van der Waals surface area contributed by atoms with Crippen LogP contribution in [0.4, 0.5) is 17.6 Å². The van der Waals surface area contributed by atoms with Gasteiger partial charge in [-0.25, -0.2) is 4.98 Å². The molecular weight excluding hydrogens is 250 g/mol. The summed E-state index contributed by atoms with van der Waals surface area (Å²) in [5.41, 5.74) is -0.825. The van der Waals surface area contributed by atoms with Crippen LogP contribution in [0.2, 0.25) is 0 Å². The fourth-order valence-electron chi connectivity index (χ4n) is 1.52. The van der Waals surface area contributed by atoms with Crippen molar-refractivity contribution in [1.29, 1.82) is 0 Å². The van der Waals surface area contributed by atoms with Gasteiger partial charge in [-0.15, -0.1) is 0 Å². The number of rotatable bonds is 1. The minimum atomic E-state index is -4.49. The summed E-state index contributed by atoms with van der Waals surface area (Å²) in [5, 5.41) is 9.43. The lowest BCUT2D eigenvalue weighted by Crippen LogP contribution is -2.04. The van der Waals surface area contributed by atoms with E-state index >= 15 is 0 Å². The molecule has 0 unspecified atom stereocenters. The van der Waals surface area contributed by atoms with Crippen LogP contribution in [-0.4, -0.2) is 10.1 Å². The lowest BCUT2D eigenvalue weighted by atomic mass is 10.0. The van der Waals surface area contributed by atoms with Crippen LogP contribution in [0.15, 0.2) is 36.5 Å². The standard InChI is InChI=1S/C12H7F4NO/c13-11-10(18)9(4-5-17-11)7-2-1-3-8(6-7)12(14,15)16/h1-6,18H. The lowest BCUT2D eigenvalue weighted by Gasteiger charge is -2.09. The van der Waals surface area contributed by atoms with Crippen LogP contribution in [0.3, 0.4) is 0 Å². The Morgan fingerprint density at radius 2 is 1.83 bits per heavy atom. The number of hydrogen-bond donors (Lipinski definition) is 1. The van der Waals surface area contributed by atoms with Crippen molar-refractivity contribution in [1.82, 2.24) is 4.98 Å². The molecule has 0 spiro atoms. The van der Waals surface area contributed by atoms with Crippen LogP contribution in [-0.2, 0) is 6.18 Å². The number of aromatic hydroxyl groups is 1. The van der Waals surface area contributed by atoms with E-state index in [1.165, 1.54) is 18.2 Å². The van der Waals surface area contributed by atoms with E-state index in [1.807, 2.05) is 0 Å². The molecule has 2 aromatic rings. The van der Waals surface area contributed by atoms with Gasteiger partial charge >= 0.3 is 6.18 Å². The van der Waals surface area contributed by atoms with Gasteiger partial charge in [0.15, 0.2) is 5.75 Å². The maximum Gasteiger partial charge on any atom is 0.416 e. The van der Waals surface area contributed by atoms with E-state index in [9.17, 15) is 22.7 Å². The molecule has 0 saturated heterocycles. The van der Waals surface area contributed by atoms with Crippen LogP contribution in [0, 0.1) is 5.95 Å². The zero-order valence-corrected chi connectivity index (χ0v) is 8.87. The van der Waals surface area contributed by atoms with E-state index in [2.05, 4.69) is 4.98 Å². The molecule has 18 heavy (non-hydrogen) atoms. The Labute approximate surface area is 99.5 Å². The van der Waals surface area contributed by atoms with Gasteiger partial charge in [0.25, 0.3) is 5.95 Å². The fraction of sp³-hybridized carbons (Fsp3) is 0.0833. The SMILES string of the molecule is Oc1c(-c2cccc(C(F)(F)F)c2)ccnc1F. The average Bonchev–Trinajstić information content (AvgIpc) is 2.32. The predicted molar refractivity (Wildman–Crippen MR) is 56.3 cm³/mol. The van der Waals surface area contributed by atoms with Crippen LogP contribution in [0.5, 0.6) is 5.75 Å². The van der Waals surface area contributed by atoms with Crippen LogP contribution in [0.25, 0.3) is 11.1 Å². The number of pyridine rings is 1. The van der Waals surface area contributed by atoms with Crippen LogP contribution in [0.1, 0.15) is 5.56 Å². The van der Waals surface area contributed by atoms with Crippen molar-refractivity contribution in [3.8, 4) is 16.9 Å². The molecule has 0 aliphatic carbocycles. The van der Waals surface area contributed by atoms with E-state index in [-0.39, 0.29) is 11.1 Å². The zero-order chi connectivity index (χ0) is 13.3. The molecule has 6 heteroatoms. The molecule has 1 N–H and O–H groups in total. The molecule has 0 bridgehead atoms. The quantitative estimate of drug-likeness (QED) is 0.625. The van der Waals surface area contributed by atoms with Gasteiger partial charge in [-0.05, 0) is 23.8 Å². The first kappa shape index (κ1) is 12.3. The third kappa shape index (κ3) is 2.27. The summed E-state index contributed by atoms with van der Waals surface area (Å²) in [7, 11) is 0. The number of nitrogens with zero attached hydrogens (tertiary/aromatic N) is 1. The molecule has 0 saturated carbocycles. The van der Waals surface area contributed by atoms with E-state index in [4.69, 9.17) is 0 Å². The molecule has 1 aromatic heterocycles. The average molecular weight is 257 g/mol. The van der Waals surface area contributed by atoms with Crippen LogP contribution < -0.4 is 0 Å². The molecule has 0 amide bonds. The maximum atomic E-state index is 13.0. The molecule has 0 aliphatic rings. The van der Waals surface area contributed by atoms with Crippen molar-refractivity contribution in [2.24, 2.45) is 0 Å². The van der Waals surface area contributed by atoms with E-state index < -0.39 is 23.4 Å². The molecule has 1 aromatic carbocycles. The molecule has 0 aliphatic heterocycles. The van der Waals surface area contributed by atoms with Gasteiger partial charge in [0.05, 0.1) is 5.56 Å². The Bertz CT molecular complexity index is 581. The van der Waals surface area contributed by atoms with Gasteiger partial charge in [0.2, 0.25) is 0 Å². The van der Waals surface area contributed by atoms with Gasteiger partial charge < -0.3 is 5.11 Å². The molecule has 0 atom stereocenters. The highest BCUT2D eigenvalue weighted by Crippen LogP contribution is 2.35. The minimum Gasteiger partial charge on any atom is -0.503 e. The second-order valence-corrected chi connectivity index (χ2v) is 3.58. The third-order valence-electron chi connectivity index (χ3n) is 2.38. The first-order chi connectivity index (χ1) is 8.39. The predicted octanol–water partition coefficient (Wildman–Crippen LogP) is 3.61. The van der Waals surface area contributed by atoms with Gasteiger partial charge in [0, 0.05) is 11.8 Å². The first-order valence-corrected chi connectivity index (χ1v) is 4.90. The topological polar surface area (TPSA) is 33.1 Å². The van der Waals surface area contributed by atoms with E-state index in [0.717, 1.165) is 18.3 Å². The number of benzene rings is 1. The number of alkyl halides is 3. The molecule has 0 fully saturated rings. The van der Waals surface area contributed by atoms with Crippen molar-refractivity contribution in [3.05, 3.63) is 48.0 Å². The Morgan fingerprint density at radius 1 is 1.11 bits per heavy atom. The number of hydrogen-bond acceptors (Lipinski definition) is 2. The van der Waals surface area contributed by atoms with Gasteiger partial charge in [-0.2, -0.15) is 17.6 Å². The minimum absolute atomic E-state index is 0.0337. The summed E-state index contributed by atoms with van der Waals surface area (Å²) in [6.07, 6.45) is -3.41. The lowest BCUT2D eigenvalue weighted by molar-refractivity contribution is -0.137. The maximum absolute atomic E-state index is 13.0. The normalized spacial score (nSPS) is 11.6. The summed E-state index contributed by atoms with van der Waals surface area (Å²) < 4.78 is 50.6. The summed E-state index contributed by atoms with van der Waals surface area (Å²) in [4.78, 5) is 3.20. The largest absolute Gasteiger partial charge is 0.503 e. The van der Waals surface area contributed by atoms with Gasteiger partial charge in [-0.1, -0.05) is 12.1 Å². The summed E-state index contributed by atoms with van der Waals surface area (Å²) in [6, 6.07) is 5.53. The third-order valence-corrected chi connectivity index (χ3v) is 2.38. The molecule has 94 valence electrons. The van der Waals surface area contributed by atoms with Crippen molar-refractivity contribution in [2.75, 3.05) is 0 Å². The second-order valence-electron chi connectivity index (χ2n) is 3.58. The second kappa shape index (κ2) is 4.29. The summed E-state index contributed by atoms with van der Waals surface area (Å²) in [5.74, 6) is -1.89. The highest BCUT2D eigenvalue weighted by atomic mass is 19.4. The summed E-state index contributed by atoms with van der Waals surface area (Å²) in [6.45, 7) is 0. The molecule has 1 heterocycles. The summed E-state index contributed by atoms with van der Waals surface area (Å²) >= 11 is 0. The highest BCUT2D eigenvalue weighted by Gasteiger charge is 2.30. The van der Waals surface area contributed by atoms with Crippen LogP contribution >= 0.6 is 0 Å². The highest BCUT2D eigenvalue weighted by molar-refractivity contribution is 5.70. The number of halogens is 4. The Balaban J connectivity index is 2.55. The fourth-order valence-corrected chi connectivity index (χ4v) is 1.52. The Morgan fingerprint density at radius 3 is 2.50 bits per heavy atom. The molecule has 2 rings (SSSR count). The molecule has 0 radical (unpaired) electrons. The van der Waals surface area contributed by atoms with Crippen molar-refractivity contribution in [3.63, 3.8) is 0 Å².